The summed E-state index contributed by atoms with van der Waals surface area (Å²) in [5.41, 5.74) is 5.02. The first-order valence-corrected chi connectivity index (χ1v) is 12.4. The first kappa shape index (κ1) is 33.0. The first-order chi connectivity index (χ1) is 16.8. The molecule has 0 rings (SSSR count). The summed E-state index contributed by atoms with van der Waals surface area (Å²) in [5, 5.41) is 11.2. The first-order valence-electron chi connectivity index (χ1n) is 12.4. The topological polar surface area (TPSA) is 162 Å². The fourth-order valence-corrected chi connectivity index (χ4v) is 2.91. The van der Waals surface area contributed by atoms with Crippen LogP contribution in [0.1, 0.15) is 40.0 Å². The molecule has 0 aliphatic carbocycles. The third kappa shape index (κ3) is 21.0. The molecule has 4 amide bonds. The van der Waals surface area contributed by atoms with E-state index in [2.05, 4.69) is 21.3 Å². The van der Waals surface area contributed by atoms with Gasteiger partial charge in [-0.1, -0.05) is 13.8 Å². The molecule has 0 bridgehead atoms. The van der Waals surface area contributed by atoms with Gasteiger partial charge in [-0.15, -0.1) is 0 Å². The summed E-state index contributed by atoms with van der Waals surface area (Å²) < 4.78 is 21.6. The zero-order chi connectivity index (χ0) is 26.3. The molecule has 1 unspecified atom stereocenters. The Hall–Kier alpha value is -1.99. The van der Waals surface area contributed by atoms with Crippen molar-refractivity contribution in [2.75, 3.05) is 73.0 Å². The largest absolute Gasteiger partial charge is 0.379 e. The van der Waals surface area contributed by atoms with E-state index in [1.54, 1.807) is 0 Å². The van der Waals surface area contributed by atoms with E-state index >= 15 is 0 Å². The lowest BCUT2D eigenvalue weighted by Crippen LogP contribution is -2.51. The Morgan fingerprint density at radius 2 is 1.31 bits per heavy atom. The molecule has 0 radical (unpaired) electrons. The molecular formula is C23H47N5O7. The van der Waals surface area contributed by atoms with E-state index in [0.717, 1.165) is 6.54 Å². The molecule has 0 saturated carbocycles. The Morgan fingerprint density at radius 3 is 1.83 bits per heavy atom. The minimum absolute atomic E-state index is 0.0703. The van der Waals surface area contributed by atoms with Crippen molar-refractivity contribution >= 4 is 17.8 Å². The lowest BCUT2D eigenvalue weighted by molar-refractivity contribution is -0.131. The molecule has 12 nitrogen and oxygen atoms in total. The van der Waals surface area contributed by atoms with Gasteiger partial charge >= 0.3 is 6.03 Å². The second kappa shape index (κ2) is 22.5. The van der Waals surface area contributed by atoms with Crippen molar-refractivity contribution in [3.8, 4) is 0 Å². The van der Waals surface area contributed by atoms with Crippen LogP contribution in [-0.4, -0.2) is 103 Å². The molecule has 206 valence electrons. The van der Waals surface area contributed by atoms with Crippen LogP contribution < -0.4 is 27.0 Å². The Morgan fingerprint density at radius 1 is 0.771 bits per heavy atom. The molecule has 0 heterocycles. The van der Waals surface area contributed by atoms with Crippen LogP contribution in [0.3, 0.4) is 0 Å². The number of ether oxygens (including phenoxy) is 4. The normalized spacial score (nSPS) is 12.8. The molecule has 2 atom stereocenters. The summed E-state index contributed by atoms with van der Waals surface area (Å²) >= 11 is 0. The lowest BCUT2D eigenvalue weighted by atomic mass is 10.0. The number of nitrogens with one attached hydrogen (secondary N) is 4. The monoisotopic (exact) mass is 505 g/mol. The Bertz CT molecular complexity index is 566. The highest BCUT2D eigenvalue weighted by molar-refractivity contribution is 5.88. The van der Waals surface area contributed by atoms with Crippen LogP contribution in [0.25, 0.3) is 0 Å². The highest BCUT2D eigenvalue weighted by atomic mass is 16.6. The molecule has 35 heavy (non-hydrogen) atoms. The van der Waals surface area contributed by atoms with Gasteiger partial charge in [0.05, 0.1) is 52.9 Å². The van der Waals surface area contributed by atoms with E-state index in [-0.39, 0.29) is 36.8 Å². The standard InChI is InChI=1S/C23H47N5O7/c1-18(2)21(22(30)27-19(3)6-5-8-26-23(24)31)28-20(29)7-10-32-12-14-34-16-17-35-15-13-33-11-9-25-4/h18-19,21,25H,5-17H2,1-4H3,(H,27,30)(H,28,29)(H3,24,26,31)/t19?,21-/m0/s1. The van der Waals surface area contributed by atoms with Crippen molar-refractivity contribution in [3.63, 3.8) is 0 Å². The predicted octanol–water partition coefficient (Wildman–Crippen LogP) is -0.244. The van der Waals surface area contributed by atoms with E-state index in [1.165, 1.54) is 0 Å². The maximum Gasteiger partial charge on any atom is 0.312 e. The lowest BCUT2D eigenvalue weighted by Gasteiger charge is -2.24. The second-order valence-electron chi connectivity index (χ2n) is 8.44. The minimum Gasteiger partial charge on any atom is -0.379 e. The molecule has 0 aromatic heterocycles. The van der Waals surface area contributed by atoms with Gasteiger partial charge in [-0.2, -0.15) is 0 Å². The molecule has 0 aromatic carbocycles. The zero-order valence-electron chi connectivity index (χ0n) is 21.9. The van der Waals surface area contributed by atoms with E-state index in [1.807, 2.05) is 27.8 Å². The van der Waals surface area contributed by atoms with Crippen LogP contribution in [0.15, 0.2) is 0 Å². The molecule has 12 heteroatoms. The molecular weight excluding hydrogens is 458 g/mol. The smallest absolute Gasteiger partial charge is 0.312 e. The van der Waals surface area contributed by atoms with Crippen LogP contribution in [-0.2, 0) is 28.5 Å². The van der Waals surface area contributed by atoms with Gasteiger partial charge in [0.2, 0.25) is 11.8 Å². The van der Waals surface area contributed by atoms with Crippen LogP contribution in [0.5, 0.6) is 0 Å². The fourth-order valence-electron chi connectivity index (χ4n) is 2.91. The number of amides is 4. The molecule has 0 saturated heterocycles. The molecule has 0 aliphatic heterocycles. The summed E-state index contributed by atoms with van der Waals surface area (Å²) in [6.07, 6.45) is 1.52. The number of hydrogen-bond donors (Lipinski definition) is 5. The van der Waals surface area contributed by atoms with Gasteiger partial charge in [-0.3, -0.25) is 9.59 Å². The Balaban J connectivity index is 3.85. The summed E-state index contributed by atoms with van der Waals surface area (Å²) in [6, 6.07) is -1.30. The SMILES string of the molecule is CNCCOCCOCCOCCOCCC(=O)N[C@H](C(=O)NC(C)CCCNC(N)=O)C(C)C. The molecule has 6 N–H and O–H groups in total. The van der Waals surface area contributed by atoms with E-state index < -0.39 is 12.1 Å². The fraction of sp³-hybridized carbons (Fsp3) is 0.870. The van der Waals surface area contributed by atoms with E-state index in [4.69, 9.17) is 24.7 Å². The van der Waals surface area contributed by atoms with Crippen molar-refractivity contribution in [3.05, 3.63) is 0 Å². The van der Waals surface area contributed by atoms with Gasteiger partial charge in [-0.05, 0) is 32.7 Å². The van der Waals surface area contributed by atoms with Gasteiger partial charge in [0.1, 0.15) is 6.04 Å². The van der Waals surface area contributed by atoms with E-state index in [0.29, 0.717) is 65.6 Å². The van der Waals surface area contributed by atoms with Crippen LogP contribution >= 0.6 is 0 Å². The zero-order valence-corrected chi connectivity index (χ0v) is 21.9. The Labute approximate surface area is 209 Å². The highest BCUT2D eigenvalue weighted by Crippen LogP contribution is 2.05. The van der Waals surface area contributed by atoms with Gasteiger partial charge in [0.25, 0.3) is 0 Å². The van der Waals surface area contributed by atoms with Crippen LogP contribution in [0.2, 0.25) is 0 Å². The van der Waals surface area contributed by atoms with Crippen molar-refractivity contribution in [2.45, 2.75) is 52.1 Å². The van der Waals surface area contributed by atoms with Gasteiger partial charge < -0.3 is 45.9 Å². The van der Waals surface area contributed by atoms with Gasteiger partial charge in [0, 0.05) is 25.6 Å². The summed E-state index contributed by atoms with van der Waals surface area (Å²) in [4.78, 5) is 35.5. The molecule has 0 fully saturated rings. The second-order valence-corrected chi connectivity index (χ2v) is 8.44. The number of likely N-dealkylation sites (N-methyl/N-ethyl adjacent to an activating group) is 1. The van der Waals surface area contributed by atoms with Gasteiger partial charge in [0.15, 0.2) is 0 Å². The number of hydrogen-bond acceptors (Lipinski definition) is 8. The quantitative estimate of drug-likeness (QED) is 0.119. The van der Waals surface area contributed by atoms with Crippen LogP contribution in [0.4, 0.5) is 4.79 Å². The maximum absolute atomic E-state index is 12.6. The molecule has 0 spiro atoms. The third-order valence-corrected chi connectivity index (χ3v) is 4.85. The van der Waals surface area contributed by atoms with Crippen molar-refractivity contribution in [2.24, 2.45) is 11.7 Å². The van der Waals surface area contributed by atoms with Crippen LogP contribution in [0, 0.1) is 5.92 Å². The highest BCUT2D eigenvalue weighted by Gasteiger charge is 2.25. The summed E-state index contributed by atoms with van der Waals surface area (Å²) in [5.74, 6) is -0.549. The minimum atomic E-state index is -0.634. The average molecular weight is 506 g/mol. The number of urea groups is 1. The van der Waals surface area contributed by atoms with Crippen molar-refractivity contribution in [1.82, 2.24) is 21.3 Å². The maximum atomic E-state index is 12.6. The number of nitrogens with two attached hydrogens (primary N) is 1. The van der Waals surface area contributed by atoms with Crippen molar-refractivity contribution in [1.29, 1.82) is 0 Å². The van der Waals surface area contributed by atoms with E-state index in [9.17, 15) is 14.4 Å². The summed E-state index contributed by atoms with van der Waals surface area (Å²) in [6.45, 7) is 10.6. The number of primary amides is 1. The van der Waals surface area contributed by atoms with Gasteiger partial charge in [-0.25, -0.2) is 4.79 Å². The predicted molar refractivity (Wildman–Crippen MR) is 133 cm³/mol. The molecule has 0 aromatic rings. The number of carbonyl (C=O) groups is 3. The number of carbonyl (C=O) groups excluding carboxylic acids is 3. The average Bonchev–Trinajstić information content (AvgIpc) is 2.80. The van der Waals surface area contributed by atoms with Crippen molar-refractivity contribution < 1.29 is 33.3 Å². The number of rotatable bonds is 23. The Kier molecular flexibility index (Phi) is 21.2. The molecule has 0 aliphatic rings. The summed E-state index contributed by atoms with van der Waals surface area (Å²) in [7, 11) is 1.88. The third-order valence-electron chi connectivity index (χ3n) is 4.85.